The van der Waals surface area contributed by atoms with Crippen LogP contribution in [0.5, 0.6) is 0 Å². The van der Waals surface area contributed by atoms with Crippen LogP contribution in [0.2, 0.25) is 0 Å². The van der Waals surface area contributed by atoms with Crippen molar-refractivity contribution in [2.75, 3.05) is 20.1 Å². The Kier molecular flexibility index (Phi) is 6.06. The molecule has 1 heterocycles. The van der Waals surface area contributed by atoms with Crippen molar-refractivity contribution in [2.24, 2.45) is 5.73 Å². The molecule has 0 aliphatic carbocycles. The van der Waals surface area contributed by atoms with Crippen molar-refractivity contribution >= 4 is 12.0 Å². The van der Waals surface area contributed by atoms with E-state index in [1.807, 2.05) is 51.1 Å². The smallest absolute Gasteiger partial charge is 0.410 e. The monoisotopic (exact) mass is 347 g/mol. The van der Waals surface area contributed by atoms with Gasteiger partial charge in [-0.25, -0.2) is 4.79 Å². The molecule has 2 rings (SSSR count). The molecule has 0 saturated carbocycles. The molecule has 1 saturated heterocycles. The number of likely N-dealkylation sites (tertiary alicyclic amines) is 1. The van der Waals surface area contributed by atoms with Gasteiger partial charge in [0, 0.05) is 26.2 Å². The molecule has 1 aromatic carbocycles. The lowest BCUT2D eigenvalue weighted by Gasteiger charge is -2.39. The van der Waals surface area contributed by atoms with Gasteiger partial charge in [0.15, 0.2) is 0 Å². The van der Waals surface area contributed by atoms with E-state index >= 15 is 0 Å². The number of amides is 2. The second-order valence-corrected chi connectivity index (χ2v) is 7.57. The number of hydrogen-bond donors (Lipinski definition) is 1. The first kappa shape index (κ1) is 19.2. The first-order valence-electron chi connectivity index (χ1n) is 8.73. The highest BCUT2D eigenvalue weighted by Crippen LogP contribution is 2.26. The molecule has 25 heavy (non-hydrogen) atoms. The molecule has 0 aromatic heterocycles. The molecule has 0 bridgehead atoms. The van der Waals surface area contributed by atoms with Crippen LogP contribution in [0.4, 0.5) is 4.79 Å². The number of rotatable bonds is 4. The van der Waals surface area contributed by atoms with Crippen LogP contribution in [-0.2, 0) is 9.53 Å². The van der Waals surface area contributed by atoms with Crippen LogP contribution in [0.1, 0.15) is 45.2 Å². The van der Waals surface area contributed by atoms with Crippen LogP contribution in [0.15, 0.2) is 30.3 Å². The summed E-state index contributed by atoms with van der Waals surface area (Å²) in [6.07, 6.45) is 1.26. The highest BCUT2D eigenvalue weighted by Gasteiger charge is 2.33. The zero-order valence-electron chi connectivity index (χ0n) is 15.6. The molecule has 0 spiro atoms. The van der Waals surface area contributed by atoms with E-state index in [0.29, 0.717) is 13.1 Å². The molecular formula is C19H29N3O3. The van der Waals surface area contributed by atoms with Crippen LogP contribution in [0, 0.1) is 0 Å². The topological polar surface area (TPSA) is 75.9 Å². The third kappa shape index (κ3) is 5.19. The molecule has 0 radical (unpaired) electrons. The molecule has 1 aliphatic heterocycles. The summed E-state index contributed by atoms with van der Waals surface area (Å²) in [5.74, 6) is -0.342. The fraction of sp³-hybridized carbons (Fsp3) is 0.579. The van der Waals surface area contributed by atoms with Crippen molar-refractivity contribution in [1.29, 1.82) is 0 Å². The van der Waals surface area contributed by atoms with Crippen molar-refractivity contribution in [2.45, 2.75) is 51.3 Å². The number of carbonyl (C=O) groups excluding carboxylic acids is 2. The SMILES string of the molecule is CN(C(=O)OC(C)(C)C)C1CCN(C(C(N)=O)c2ccccc2)CC1. The van der Waals surface area contributed by atoms with E-state index in [1.165, 1.54) is 0 Å². The highest BCUT2D eigenvalue weighted by atomic mass is 16.6. The maximum atomic E-state index is 12.2. The summed E-state index contributed by atoms with van der Waals surface area (Å²) >= 11 is 0. The third-order valence-electron chi connectivity index (χ3n) is 4.48. The van der Waals surface area contributed by atoms with E-state index < -0.39 is 11.6 Å². The van der Waals surface area contributed by atoms with Gasteiger partial charge < -0.3 is 15.4 Å². The highest BCUT2D eigenvalue weighted by molar-refractivity contribution is 5.81. The van der Waals surface area contributed by atoms with Gasteiger partial charge in [-0.1, -0.05) is 30.3 Å². The second kappa shape index (κ2) is 7.87. The zero-order valence-corrected chi connectivity index (χ0v) is 15.6. The van der Waals surface area contributed by atoms with Gasteiger partial charge in [-0.2, -0.15) is 0 Å². The fourth-order valence-electron chi connectivity index (χ4n) is 3.20. The molecule has 1 atom stereocenters. The Bertz CT molecular complexity index is 590. The summed E-state index contributed by atoms with van der Waals surface area (Å²) in [5, 5.41) is 0. The quantitative estimate of drug-likeness (QED) is 0.908. The van der Waals surface area contributed by atoms with Gasteiger partial charge in [-0.05, 0) is 39.2 Å². The first-order valence-corrected chi connectivity index (χ1v) is 8.73. The van der Waals surface area contributed by atoms with E-state index in [4.69, 9.17) is 10.5 Å². The lowest BCUT2D eigenvalue weighted by atomic mass is 9.98. The Balaban J connectivity index is 1.98. The Hall–Kier alpha value is -2.08. The number of nitrogens with zero attached hydrogens (tertiary/aromatic N) is 2. The number of carbonyl (C=O) groups is 2. The average molecular weight is 347 g/mol. The van der Waals surface area contributed by atoms with E-state index in [-0.39, 0.29) is 18.0 Å². The molecule has 2 amide bonds. The van der Waals surface area contributed by atoms with E-state index in [0.717, 1.165) is 18.4 Å². The predicted octanol–water partition coefficient (Wildman–Crippen LogP) is 2.54. The Morgan fingerprint density at radius 2 is 1.76 bits per heavy atom. The Labute approximate surface area is 149 Å². The summed E-state index contributed by atoms with van der Waals surface area (Å²) in [6.45, 7) is 7.00. The van der Waals surface area contributed by atoms with E-state index in [1.54, 1.807) is 11.9 Å². The Morgan fingerprint density at radius 3 is 2.24 bits per heavy atom. The average Bonchev–Trinajstić information content (AvgIpc) is 2.54. The van der Waals surface area contributed by atoms with Gasteiger partial charge in [0.1, 0.15) is 11.6 Å². The fourth-order valence-corrected chi connectivity index (χ4v) is 3.20. The molecule has 2 N–H and O–H groups in total. The Morgan fingerprint density at radius 1 is 1.20 bits per heavy atom. The van der Waals surface area contributed by atoms with E-state index in [2.05, 4.69) is 4.90 Å². The van der Waals surface area contributed by atoms with Gasteiger partial charge in [0.25, 0.3) is 0 Å². The number of hydrogen-bond acceptors (Lipinski definition) is 4. The number of benzene rings is 1. The zero-order chi connectivity index (χ0) is 18.6. The maximum Gasteiger partial charge on any atom is 0.410 e. The number of ether oxygens (including phenoxy) is 1. The molecule has 6 nitrogen and oxygen atoms in total. The summed E-state index contributed by atoms with van der Waals surface area (Å²) in [6, 6.07) is 9.28. The van der Waals surface area contributed by atoms with E-state index in [9.17, 15) is 9.59 Å². The second-order valence-electron chi connectivity index (χ2n) is 7.57. The summed E-state index contributed by atoms with van der Waals surface area (Å²) in [5.41, 5.74) is 6.05. The lowest BCUT2D eigenvalue weighted by molar-refractivity contribution is -0.124. The third-order valence-corrected chi connectivity index (χ3v) is 4.48. The molecule has 1 unspecified atom stereocenters. The van der Waals surface area contributed by atoms with Gasteiger partial charge in [0.2, 0.25) is 5.91 Å². The van der Waals surface area contributed by atoms with Crippen LogP contribution in [-0.4, -0.2) is 53.6 Å². The minimum atomic E-state index is -0.504. The van der Waals surface area contributed by atoms with Crippen LogP contribution in [0.3, 0.4) is 0 Å². The van der Waals surface area contributed by atoms with Gasteiger partial charge in [0.05, 0.1) is 0 Å². The van der Waals surface area contributed by atoms with Crippen molar-refractivity contribution < 1.29 is 14.3 Å². The van der Waals surface area contributed by atoms with Crippen LogP contribution < -0.4 is 5.73 Å². The van der Waals surface area contributed by atoms with Crippen molar-refractivity contribution in [3.05, 3.63) is 35.9 Å². The summed E-state index contributed by atoms with van der Waals surface area (Å²) in [7, 11) is 1.77. The maximum absolute atomic E-state index is 12.2. The normalized spacial score (nSPS) is 17.8. The molecule has 6 heteroatoms. The van der Waals surface area contributed by atoms with Gasteiger partial charge in [-0.3, -0.25) is 9.69 Å². The molecule has 1 aromatic rings. The van der Waals surface area contributed by atoms with Crippen LogP contribution in [0.25, 0.3) is 0 Å². The predicted molar refractivity (Wildman–Crippen MR) is 97.0 cm³/mol. The summed E-state index contributed by atoms with van der Waals surface area (Å²) in [4.78, 5) is 28.0. The van der Waals surface area contributed by atoms with Crippen molar-refractivity contribution in [3.8, 4) is 0 Å². The lowest BCUT2D eigenvalue weighted by Crippen LogP contribution is -2.49. The summed E-state index contributed by atoms with van der Waals surface area (Å²) < 4.78 is 5.43. The largest absolute Gasteiger partial charge is 0.444 e. The van der Waals surface area contributed by atoms with Gasteiger partial charge in [-0.15, -0.1) is 0 Å². The van der Waals surface area contributed by atoms with Crippen LogP contribution >= 0.6 is 0 Å². The molecule has 1 aliphatic rings. The minimum absolute atomic E-state index is 0.107. The van der Waals surface area contributed by atoms with Crippen molar-refractivity contribution in [3.63, 3.8) is 0 Å². The minimum Gasteiger partial charge on any atom is -0.444 e. The standard InChI is InChI=1S/C19H29N3O3/c1-19(2,3)25-18(24)21(4)15-10-12-22(13-11-15)16(17(20)23)14-8-6-5-7-9-14/h5-9,15-16H,10-13H2,1-4H3,(H2,20,23). The molecule has 138 valence electrons. The number of primary amides is 1. The first-order chi connectivity index (χ1) is 11.7. The number of piperidine rings is 1. The van der Waals surface area contributed by atoms with Gasteiger partial charge >= 0.3 is 6.09 Å². The van der Waals surface area contributed by atoms with Crippen molar-refractivity contribution in [1.82, 2.24) is 9.80 Å². The number of nitrogens with two attached hydrogens (primary N) is 1. The molecule has 1 fully saturated rings. The molecular weight excluding hydrogens is 318 g/mol.